The van der Waals surface area contributed by atoms with Crippen molar-refractivity contribution in [2.24, 2.45) is 0 Å². The molecule has 1 aromatic carbocycles. The Balaban J connectivity index is 2.17. The first kappa shape index (κ1) is 13.3. The van der Waals surface area contributed by atoms with E-state index in [1.165, 1.54) is 12.8 Å². The predicted octanol–water partition coefficient (Wildman–Crippen LogP) is 1.52. The standard InChI is InChI=1S/C13H17N3O3/c1-2-3-4-5-9-19-11-8-6-7-10-12(11)14-13(17)15-16(10)18/h6-8H,2-5,9H2,1H3,(H,14,15,17). The lowest BCUT2D eigenvalue weighted by Crippen LogP contribution is -2.39. The zero-order valence-electron chi connectivity index (χ0n) is 10.9. The number of ether oxygens (including phenoxy) is 1. The minimum absolute atomic E-state index is 0.297. The molecule has 102 valence electrons. The molecule has 0 spiro atoms. The van der Waals surface area contributed by atoms with E-state index < -0.39 is 5.69 Å². The highest BCUT2D eigenvalue weighted by Gasteiger charge is 2.12. The summed E-state index contributed by atoms with van der Waals surface area (Å²) in [5.41, 5.74) is -0.0769. The Labute approximate surface area is 110 Å². The first-order chi connectivity index (χ1) is 9.22. The summed E-state index contributed by atoms with van der Waals surface area (Å²) in [6.45, 7) is 2.71. The van der Waals surface area contributed by atoms with E-state index in [4.69, 9.17) is 4.74 Å². The average molecular weight is 263 g/mol. The van der Waals surface area contributed by atoms with Gasteiger partial charge in [0, 0.05) is 6.07 Å². The molecule has 0 bridgehead atoms. The molecule has 0 aliphatic heterocycles. The fourth-order valence-electron chi connectivity index (χ4n) is 1.89. The number of hydrogen-bond donors (Lipinski definition) is 1. The first-order valence-corrected chi connectivity index (χ1v) is 6.48. The van der Waals surface area contributed by atoms with Crippen molar-refractivity contribution in [3.05, 3.63) is 33.9 Å². The van der Waals surface area contributed by atoms with Crippen LogP contribution in [0.1, 0.15) is 32.6 Å². The van der Waals surface area contributed by atoms with Crippen LogP contribution in [0.25, 0.3) is 11.0 Å². The van der Waals surface area contributed by atoms with Gasteiger partial charge in [0.25, 0.3) is 5.52 Å². The predicted molar refractivity (Wildman–Crippen MR) is 71.0 cm³/mol. The molecule has 1 aromatic heterocycles. The van der Waals surface area contributed by atoms with Crippen molar-refractivity contribution < 1.29 is 9.58 Å². The van der Waals surface area contributed by atoms with E-state index in [2.05, 4.69) is 17.0 Å². The van der Waals surface area contributed by atoms with Gasteiger partial charge in [-0.3, -0.25) is 0 Å². The highest BCUT2D eigenvalue weighted by atomic mass is 16.5. The van der Waals surface area contributed by atoms with E-state index in [0.717, 1.165) is 12.8 Å². The lowest BCUT2D eigenvalue weighted by atomic mass is 10.2. The number of hydrogen-bond acceptors (Lipinski definition) is 4. The Kier molecular flexibility index (Phi) is 4.33. The highest BCUT2D eigenvalue weighted by molar-refractivity contribution is 5.77. The molecule has 0 atom stereocenters. The summed E-state index contributed by atoms with van der Waals surface area (Å²) < 4.78 is 5.61. The SMILES string of the molecule is CCCCCCOc1cccc2c1nc(=O)[nH][n+]2[O-]. The van der Waals surface area contributed by atoms with Gasteiger partial charge in [-0.15, -0.1) is 0 Å². The quantitative estimate of drug-likeness (QED) is 0.486. The van der Waals surface area contributed by atoms with Gasteiger partial charge in [-0.05, 0) is 12.5 Å². The smallest absolute Gasteiger partial charge is 0.395 e. The van der Waals surface area contributed by atoms with Crippen molar-refractivity contribution in [1.29, 1.82) is 0 Å². The number of para-hydroxylation sites is 1. The maximum absolute atomic E-state index is 11.5. The van der Waals surface area contributed by atoms with Crippen LogP contribution in [0.4, 0.5) is 0 Å². The summed E-state index contributed by atoms with van der Waals surface area (Å²) in [7, 11) is 0. The van der Waals surface area contributed by atoms with E-state index in [1.54, 1.807) is 18.2 Å². The maximum Gasteiger partial charge on any atom is 0.395 e. The number of nitrogens with zero attached hydrogens (tertiary/aromatic N) is 2. The van der Waals surface area contributed by atoms with Crippen LogP contribution in [0.5, 0.6) is 5.75 Å². The molecule has 0 saturated carbocycles. The van der Waals surface area contributed by atoms with E-state index >= 15 is 0 Å². The normalized spacial score (nSPS) is 10.8. The van der Waals surface area contributed by atoms with Crippen LogP contribution in [0.2, 0.25) is 0 Å². The van der Waals surface area contributed by atoms with Crippen LogP contribution in [-0.4, -0.2) is 16.7 Å². The summed E-state index contributed by atoms with van der Waals surface area (Å²) in [6, 6.07) is 5.02. The number of aromatic amines is 1. The molecule has 0 amide bonds. The number of benzene rings is 1. The van der Waals surface area contributed by atoms with Crippen LogP contribution >= 0.6 is 0 Å². The number of H-pyrrole nitrogens is 1. The van der Waals surface area contributed by atoms with Gasteiger partial charge in [0.1, 0.15) is 0 Å². The molecule has 0 aliphatic rings. The van der Waals surface area contributed by atoms with Crippen LogP contribution in [0.15, 0.2) is 23.0 Å². The number of fused-ring (bicyclic) bond motifs is 1. The van der Waals surface area contributed by atoms with Crippen molar-refractivity contribution in [2.75, 3.05) is 6.61 Å². The van der Waals surface area contributed by atoms with Gasteiger partial charge in [-0.2, -0.15) is 4.98 Å². The van der Waals surface area contributed by atoms with Gasteiger partial charge in [-0.1, -0.05) is 42.2 Å². The van der Waals surface area contributed by atoms with Crippen LogP contribution < -0.4 is 15.3 Å². The first-order valence-electron chi connectivity index (χ1n) is 6.48. The fraction of sp³-hybridized carbons (Fsp3) is 0.462. The number of unbranched alkanes of at least 4 members (excludes halogenated alkanes) is 3. The topological polar surface area (TPSA) is 81.9 Å². The lowest BCUT2D eigenvalue weighted by molar-refractivity contribution is -0.644. The Morgan fingerprint density at radius 1 is 1.37 bits per heavy atom. The monoisotopic (exact) mass is 263 g/mol. The van der Waals surface area contributed by atoms with Crippen molar-refractivity contribution in [2.45, 2.75) is 32.6 Å². The molecule has 0 radical (unpaired) electrons. The Morgan fingerprint density at radius 3 is 3.00 bits per heavy atom. The third kappa shape index (κ3) is 3.21. The minimum atomic E-state index is -0.676. The number of rotatable bonds is 6. The lowest BCUT2D eigenvalue weighted by Gasteiger charge is -2.07. The van der Waals surface area contributed by atoms with Crippen molar-refractivity contribution in [3.8, 4) is 5.75 Å². The molecule has 1 heterocycles. The van der Waals surface area contributed by atoms with Gasteiger partial charge in [0.05, 0.1) is 6.61 Å². The molecule has 1 N–H and O–H groups in total. The Bertz CT molecular complexity index is 610. The van der Waals surface area contributed by atoms with Crippen molar-refractivity contribution in [1.82, 2.24) is 10.1 Å². The molecule has 0 unspecified atom stereocenters. The third-order valence-electron chi connectivity index (χ3n) is 2.86. The zero-order chi connectivity index (χ0) is 13.7. The van der Waals surface area contributed by atoms with Gasteiger partial charge < -0.3 is 9.94 Å². The van der Waals surface area contributed by atoms with E-state index in [-0.39, 0.29) is 0 Å². The molecule has 0 aliphatic carbocycles. The molecule has 0 fully saturated rings. The molecule has 2 rings (SSSR count). The summed E-state index contributed by atoms with van der Waals surface area (Å²) in [6.07, 6.45) is 4.40. The second-order valence-electron chi connectivity index (χ2n) is 4.36. The van der Waals surface area contributed by atoms with Crippen LogP contribution in [0, 0.1) is 5.21 Å². The van der Waals surface area contributed by atoms with Gasteiger partial charge >= 0.3 is 5.69 Å². The maximum atomic E-state index is 11.5. The Hall–Kier alpha value is -2.11. The van der Waals surface area contributed by atoms with Gasteiger partial charge in [0.2, 0.25) is 0 Å². The summed E-state index contributed by atoms with van der Waals surface area (Å²) in [4.78, 5) is 15.4. The minimum Gasteiger partial charge on any atom is -0.595 e. The molecule has 2 aromatic rings. The molecule has 6 heteroatoms. The zero-order valence-corrected chi connectivity index (χ0v) is 10.9. The van der Waals surface area contributed by atoms with Gasteiger partial charge in [0.15, 0.2) is 11.3 Å². The van der Waals surface area contributed by atoms with Crippen LogP contribution in [-0.2, 0) is 0 Å². The summed E-state index contributed by atoms with van der Waals surface area (Å²) in [5, 5.41) is 13.6. The Morgan fingerprint density at radius 2 is 2.21 bits per heavy atom. The van der Waals surface area contributed by atoms with Crippen molar-refractivity contribution >= 4 is 11.0 Å². The van der Waals surface area contributed by atoms with E-state index in [9.17, 15) is 10.0 Å². The third-order valence-corrected chi connectivity index (χ3v) is 2.86. The number of nitrogens with one attached hydrogen (secondary N) is 1. The fourth-order valence-corrected chi connectivity index (χ4v) is 1.89. The number of aromatic nitrogens is 3. The van der Waals surface area contributed by atoms with E-state index in [0.29, 0.717) is 28.2 Å². The largest absolute Gasteiger partial charge is 0.595 e. The molecular formula is C13H17N3O3. The molecule has 6 nitrogen and oxygen atoms in total. The van der Waals surface area contributed by atoms with Gasteiger partial charge in [-0.25, -0.2) is 4.79 Å². The van der Waals surface area contributed by atoms with Crippen molar-refractivity contribution in [3.63, 3.8) is 0 Å². The average Bonchev–Trinajstić information content (AvgIpc) is 2.39. The molecule has 19 heavy (non-hydrogen) atoms. The summed E-state index contributed by atoms with van der Waals surface area (Å²) in [5.74, 6) is 0.477. The highest BCUT2D eigenvalue weighted by Crippen LogP contribution is 2.20. The second-order valence-corrected chi connectivity index (χ2v) is 4.36. The van der Waals surface area contributed by atoms with E-state index in [1.807, 2.05) is 0 Å². The summed E-state index contributed by atoms with van der Waals surface area (Å²) >= 11 is 0. The van der Waals surface area contributed by atoms with Crippen LogP contribution in [0.3, 0.4) is 0 Å². The second kappa shape index (κ2) is 6.17. The molecular weight excluding hydrogens is 246 g/mol. The molecule has 0 saturated heterocycles.